The zero-order chi connectivity index (χ0) is 26.2. The fourth-order valence-electron chi connectivity index (χ4n) is 3.19. The molecule has 2 aromatic carbocycles. The molecular weight excluding hydrogens is 450 g/mol. The van der Waals surface area contributed by atoms with Crippen molar-refractivity contribution in [1.29, 1.82) is 0 Å². The van der Waals surface area contributed by atoms with Gasteiger partial charge in [0.1, 0.15) is 17.2 Å². The third-order valence-electron chi connectivity index (χ3n) is 4.59. The van der Waals surface area contributed by atoms with Crippen LogP contribution in [0.4, 0.5) is 9.59 Å². The van der Waals surface area contributed by atoms with Crippen LogP contribution in [0.3, 0.4) is 0 Å². The van der Waals surface area contributed by atoms with Gasteiger partial charge in [-0.25, -0.2) is 20.0 Å². The van der Waals surface area contributed by atoms with E-state index in [-0.39, 0.29) is 0 Å². The molecule has 2 aromatic rings. The summed E-state index contributed by atoms with van der Waals surface area (Å²) in [6.45, 7) is 9.47. The Kier molecular flexibility index (Phi) is 9.25. The molecule has 0 bridgehead atoms. The Balaban J connectivity index is 2.47. The van der Waals surface area contributed by atoms with Crippen LogP contribution in [-0.4, -0.2) is 52.1 Å². The van der Waals surface area contributed by atoms with Gasteiger partial charge in [-0.05, 0) is 59.2 Å². The molecular formula is C26H35N3O6. The van der Waals surface area contributed by atoms with Crippen LogP contribution in [0.15, 0.2) is 60.7 Å². The first-order chi connectivity index (χ1) is 16.3. The molecule has 0 heterocycles. The van der Waals surface area contributed by atoms with Crippen LogP contribution in [-0.2, 0) is 9.47 Å². The number of ether oxygens (including phenoxy) is 2. The Bertz CT molecular complexity index is 984. The Morgan fingerprint density at radius 1 is 0.857 bits per heavy atom. The quantitative estimate of drug-likeness (QED) is 0.528. The molecule has 0 aliphatic heterocycles. The minimum atomic E-state index is -1.13. The van der Waals surface area contributed by atoms with Crippen LogP contribution >= 0.6 is 0 Å². The maximum absolute atomic E-state index is 13.2. The summed E-state index contributed by atoms with van der Waals surface area (Å²) in [5.41, 5.74) is 1.68. The van der Waals surface area contributed by atoms with E-state index in [0.29, 0.717) is 11.1 Å². The Labute approximate surface area is 206 Å². The van der Waals surface area contributed by atoms with Gasteiger partial charge < -0.3 is 19.9 Å². The summed E-state index contributed by atoms with van der Waals surface area (Å²) in [7, 11) is 0. The lowest BCUT2D eigenvalue weighted by molar-refractivity contribution is -0.0221. The first kappa shape index (κ1) is 27.7. The largest absolute Gasteiger partial charge is 0.443 e. The van der Waals surface area contributed by atoms with Crippen molar-refractivity contribution < 1.29 is 29.0 Å². The second-order valence-corrected chi connectivity index (χ2v) is 9.94. The number of amides is 3. The van der Waals surface area contributed by atoms with E-state index < -0.39 is 48.0 Å². The Morgan fingerprint density at radius 3 is 1.86 bits per heavy atom. The molecule has 190 valence electrons. The number of rotatable bonds is 6. The molecule has 0 radical (unpaired) electrons. The lowest BCUT2D eigenvalue weighted by atomic mass is 9.98. The Morgan fingerprint density at radius 2 is 1.37 bits per heavy atom. The number of benzene rings is 2. The first-order valence-electron chi connectivity index (χ1n) is 11.3. The smallest absolute Gasteiger partial charge is 0.429 e. The molecule has 0 aliphatic carbocycles. The van der Waals surface area contributed by atoms with E-state index in [1.54, 1.807) is 102 Å². The molecule has 0 aliphatic rings. The highest BCUT2D eigenvalue weighted by atomic mass is 16.6. The van der Waals surface area contributed by atoms with Crippen molar-refractivity contribution in [2.24, 2.45) is 0 Å². The summed E-state index contributed by atoms with van der Waals surface area (Å²) < 4.78 is 10.8. The number of nitrogens with zero attached hydrogens (tertiary/aromatic N) is 1. The van der Waals surface area contributed by atoms with Gasteiger partial charge in [-0.2, -0.15) is 0 Å². The molecule has 0 saturated carbocycles. The van der Waals surface area contributed by atoms with Gasteiger partial charge in [-0.15, -0.1) is 0 Å². The van der Waals surface area contributed by atoms with Crippen molar-refractivity contribution >= 4 is 18.1 Å². The predicted octanol–water partition coefficient (Wildman–Crippen LogP) is 4.20. The van der Waals surface area contributed by atoms with Crippen molar-refractivity contribution in [2.75, 3.05) is 6.61 Å². The van der Waals surface area contributed by atoms with E-state index in [4.69, 9.17) is 9.47 Å². The highest BCUT2D eigenvalue weighted by Crippen LogP contribution is 2.23. The van der Waals surface area contributed by atoms with Gasteiger partial charge in [-0.3, -0.25) is 4.79 Å². The molecule has 9 nitrogen and oxygen atoms in total. The predicted molar refractivity (Wildman–Crippen MR) is 131 cm³/mol. The van der Waals surface area contributed by atoms with Crippen LogP contribution in [0, 0.1) is 0 Å². The lowest BCUT2D eigenvalue weighted by Gasteiger charge is -2.37. The van der Waals surface area contributed by atoms with Gasteiger partial charge in [0.25, 0.3) is 5.91 Å². The number of aliphatic hydroxyl groups excluding tert-OH is 1. The molecule has 0 unspecified atom stereocenters. The fourth-order valence-corrected chi connectivity index (χ4v) is 3.19. The number of nitrogens with one attached hydrogen (secondary N) is 2. The second kappa shape index (κ2) is 11.7. The van der Waals surface area contributed by atoms with Gasteiger partial charge in [-0.1, -0.05) is 48.5 Å². The topological polar surface area (TPSA) is 117 Å². The summed E-state index contributed by atoms with van der Waals surface area (Å²) in [5.74, 6) is -0.417. The van der Waals surface area contributed by atoms with Crippen molar-refractivity contribution in [3.05, 3.63) is 71.8 Å². The lowest BCUT2D eigenvalue weighted by Crippen LogP contribution is -2.59. The molecule has 0 aromatic heterocycles. The van der Waals surface area contributed by atoms with Gasteiger partial charge in [0.15, 0.2) is 0 Å². The van der Waals surface area contributed by atoms with Gasteiger partial charge in [0.05, 0.1) is 12.6 Å². The van der Waals surface area contributed by atoms with Crippen LogP contribution < -0.4 is 10.7 Å². The molecule has 0 saturated heterocycles. The maximum atomic E-state index is 13.2. The summed E-state index contributed by atoms with van der Waals surface area (Å²) in [6.07, 6.45) is -1.83. The zero-order valence-corrected chi connectivity index (χ0v) is 21.1. The maximum Gasteiger partial charge on any atom is 0.429 e. The van der Waals surface area contributed by atoms with Crippen LogP contribution in [0.25, 0.3) is 0 Å². The van der Waals surface area contributed by atoms with Gasteiger partial charge >= 0.3 is 12.2 Å². The van der Waals surface area contributed by atoms with E-state index in [1.165, 1.54) is 0 Å². The van der Waals surface area contributed by atoms with Crippen molar-refractivity contribution in [3.63, 3.8) is 0 Å². The van der Waals surface area contributed by atoms with E-state index in [0.717, 1.165) is 5.01 Å². The van der Waals surface area contributed by atoms with Gasteiger partial charge in [0, 0.05) is 5.56 Å². The number of carbonyl (C=O) groups excluding carboxylic acids is 3. The van der Waals surface area contributed by atoms with Gasteiger partial charge in [0.2, 0.25) is 0 Å². The molecule has 2 rings (SSSR count). The van der Waals surface area contributed by atoms with E-state index >= 15 is 0 Å². The third kappa shape index (κ3) is 8.94. The highest BCUT2D eigenvalue weighted by molar-refractivity contribution is 5.94. The van der Waals surface area contributed by atoms with Crippen LogP contribution in [0.1, 0.15) is 63.5 Å². The van der Waals surface area contributed by atoms with Crippen molar-refractivity contribution in [2.45, 2.75) is 64.8 Å². The van der Waals surface area contributed by atoms with Crippen molar-refractivity contribution in [3.8, 4) is 0 Å². The van der Waals surface area contributed by atoms with E-state index in [1.807, 2.05) is 0 Å². The second-order valence-electron chi connectivity index (χ2n) is 9.94. The first-order valence-corrected chi connectivity index (χ1v) is 11.3. The average Bonchev–Trinajstić information content (AvgIpc) is 2.76. The summed E-state index contributed by atoms with van der Waals surface area (Å²) in [5, 5.41) is 14.2. The molecule has 2 atom stereocenters. The number of aliphatic hydroxyl groups is 1. The van der Waals surface area contributed by atoms with Crippen molar-refractivity contribution in [1.82, 2.24) is 15.8 Å². The number of carbonyl (C=O) groups is 3. The molecule has 9 heteroatoms. The third-order valence-corrected chi connectivity index (χ3v) is 4.59. The standard InChI is InChI=1S/C26H35N3O6/c1-25(2,3)34-23(32)28-29(24(33)35-26(4,5)6)20(17-30)21(18-13-9-7-10-14-18)27-22(31)19-15-11-8-12-16-19/h7-16,20-21,30H,17H2,1-6H3,(H,27,31)(H,28,32)/t20-,21+/m0/s1. The zero-order valence-electron chi connectivity index (χ0n) is 21.1. The fraction of sp³-hybridized carbons (Fsp3) is 0.423. The molecule has 3 N–H and O–H groups in total. The summed E-state index contributed by atoms with van der Waals surface area (Å²) >= 11 is 0. The highest BCUT2D eigenvalue weighted by Gasteiger charge is 2.37. The molecule has 35 heavy (non-hydrogen) atoms. The van der Waals surface area contributed by atoms with E-state index in [2.05, 4.69) is 10.7 Å². The number of hydrogen-bond donors (Lipinski definition) is 3. The SMILES string of the molecule is CC(C)(C)OC(=O)NN(C(=O)OC(C)(C)C)[C@@H](CO)[C@H](NC(=O)c1ccccc1)c1ccccc1. The monoisotopic (exact) mass is 485 g/mol. The normalized spacial score (nSPS) is 13.2. The molecule has 0 spiro atoms. The van der Waals surface area contributed by atoms with Crippen LogP contribution in [0.2, 0.25) is 0 Å². The molecule has 3 amide bonds. The summed E-state index contributed by atoms with van der Waals surface area (Å²) in [4.78, 5) is 38.8. The van der Waals surface area contributed by atoms with Crippen LogP contribution in [0.5, 0.6) is 0 Å². The Hall–Kier alpha value is -3.59. The van der Waals surface area contributed by atoms with E-state index in [9.17, 15) is 19.5 Å². The number of hydrazine groups is 1. The minimum absolute atomic E-state index is 0.397. The number of hydrogen-bond acceptors (Lipinski definition) is 6. The molecule has 0 fully saturated rings. The minimum Gasteiger partial charge on any atom is -0.443 e. The average molecular weight is 486 g/mol. The summed E-state index contributed by atoms with van der Waals surface area (Å²) in [6, 6.07) is 15.3.